The number of carbonyl (C=O) groups excluding carboxylic acids is 3. The molecule has 0 saturated carbocycles. The van der Waals surface area contributed by atoms with Gasteiger partial charge in [0.05, 0.1) is 79.8 Å². The number of allylic oxidation sites excluding steroid dienone is 2. The van der Waals surface area contributed by atoms with Gasteiger partial charge in [0.25, 0.3) is 0 Å². The van der Waals surface area contributed by atoms with E-state index in [1.807, 2.05) is 19.9 Å². The van der Waals surface area contributed by atoms with Gasteiger partial charge in [-0.2, -0.15) is 5.48 Å². The van der Waals surface area contributed by atoms with Crippen LogP contribution in [0.4, 0.5) is 4.79 Å². The maximum atomic E-state index is 14.3. The van der Waals surface area contributed by atoms with Gasteiger partial charge in [-0.1, -0.05) is 77.0 Å². The first kappa shape index (κ1) is 61.8. The van der Waals surface area contributed by atoms with Crippen molar-refractivity contribution in [3.05, 3.63) is 51.6 Å². The second kappa shape index (κ2) is 28.6. The third-order valence-electron chi connectivity index (χ3n) is 13.8. The molecule has 76 heavy (non-hydrogen) atoms. The third kappa shape index (κ3) is 14.9. The zero-order valence-electron chi connectivity index (χ0n) is 44.4. The molecule has 0 aromatic heterocycles. The molecule has 3 heterocycles. The number of aliphatic hydroxyl groups excluding tert-OH is 3. The van der Waals surface area contributed by atoms with Crippen molar-refractivity contribution in [2.24, 2.45) is 5.92 Å². The Hall–Kier alpha value is -3.43. The van der Waals surface area contributed by atoms with E-state index in [1.54, 1.807) is 40.7 Å². The summed E-state index contributed by atoms with van der Waals surface area (Å²) >= 11 is 0.898. The highest BCUT2D eigenvalue weighted by Crippen LogP contribution is 2.49. The highest BCUT2D eigenvalue weighted by atomic mass is 33.1. The third-order valence-corrected chi connectivity index (χ3v) is 19.8. The highest BCUT2D eigenvalue weighted by molar-refractivity contribution is 8.77. The number of methoxy groups -OCH3 is 4. The molecule has 3 aliphatic heterocycles. The normalized spacial score (nSPS) is 33.0. The molecule has 0 radical (unpaired) electrons. The Morgan fingerprint density at radius 2 is 1.57 bits per heavy atom. The number of alkyl carbamates (subject to hydrolysis) is 1. The molecule has 3 saturated heterocycles. The average Bonchev–Trinajstić information content (AvgIpc) is 3.42. The summed E-state index contributed by atoms with van der Waals surface area (Å²) in [4.78, 5) is 66.2. The van der Waals surface area contributed by atoms with Gasteiger partial charge in [0.1, 0.15) is 18.2 Å². The highest BCUT2D eigenvalue weighted by Gasteiger charge is 2.44. The van der Waals surface area contributed by atoms with Crippen LogP contribution >= 0.6 is 41.7 Å². The lowest BCUT2D eigenvalue weighted by molar-refractivity contribution is -0.272. The van der Waals surface area contributed by atoms with E-state index < -0.39 is 105 Å². The summed E-state index contributed by atoms with van der Waals surface area (Å²) in [7, 11) is 6.19. The van der Waals surface area contributed by atoms with Crippen molar-refractivity contribution in [2.45, 2.75) is 171 Å². The van der Waals surface area contributed by atoms with Gasteiger partial charge < -0.3 is 73.1 Å². The quantitative estimate of drug-likeness (QED) is 0.0306. The molecule has 10 unspecified atom stereocenters. The van der Waals surface area contributed by atoms with E-state index in [1.165, 1.54) is 56.1 Å². The van der Waals surface area contributed by atoms with Crippen LogP contribution in [-0.2, 0) is 38.1 Å². The fourth-order valence-electron chi connectivity index (χ4n) is 9.54. The molecular weight excluding hydrogens is 1070 g/mol. The van der Waals surface area contributed by atoms with Crippen molar-refractivity contribution in [3.8, 4) is 40.9 Å². The van der Waals surface area contributed by atoms with Crippen LogP contribution < -0.4 is 25.0 Å². The Morgan fingerprint density at radius 1 is 0.882 bits per heavy atom. The number of thioether (sulfide) groups is 1. The monoisotopic (exact) mass is 1140 g/mol. The van der Waals surface area contributed by atoms with Gasteiger partial charge in [-0.25, -0.2) is 4.79 Å². The Kier molecular flexibility index (Phi) is 23.3. The molecule has 420 valence electrons. The molecule has 16 atom stereocenters. The van der Waals surface area contributed by atoms with E-state index in [-0.39, 0.29) is 65.0 Å². The van der Waals surface area contributed by atoms with Gasteiger partial charge in [-0.05, 0) is 75.8 Å². The molecule has 3 fully saturated rings. The summed E-state index contributed by atoms with van der Waals surface area (Å²) < 4.78 is 53.4. The SMILES string of the molecule is CCC(SSC/C=C1\C2=C(C#C/C=C\C#C[C@@H]2OC2CC(O)[C@H](NOC3C[C@H](O)[C@H](SC(=O)c4c(C)c(C)c(OC5C[C@H](OC)C(O)[C@H](C)O5)c(OC)c4OC)C(C)O3)C(C)O2)C(NC(=O)OC)C(=O)CC1C)P(O)O. The summed E-state index contributed by atoms with van der Waals surface area (Å²) in [5.74, 6) is 12.5. The molecule has 0 spiro atoms. The predicted octanol–water partition coefficient (Wildman–Crippen LogP) is 5.27. The van der Waals surface area contributed by atoms with Gasteiger partial charge in [0.2, 0.25) is 17.2 Å². The topological polar surface area (TPSA) is 269 Å². The average molecular weight is 1140 g/mol. The summed E-state index contributed by atoms with van der Waals surface area (Å²) in [6, 6.07) is -2.00. The van der Waals surface area contributed by atoms with E-state index in [0.29, 0.717) is 40.2 Å². The van der Waals surface area contributed by atoms with Gasteiger partial charge in [0, 0.05) is 49.7 Å². The van der Waals surface area contributed by atoms with Crippen LogP contribution in [0.3, 0.4) is 0 Å². The van der Waals surface area contributed by atoms with E-state index in [9.17, 15) is 39.5 Å². The van der Waals surface area contributed by atoms with Gasteiger partial charge in [0.15, 0.2) is 38.2 Å². The van der Waals surface area contributed by atoms with Crippen molar-refractivity contribution in [3.63, 3.8) is 0 Å². The fraction of sp³-hybridized carbons (Fsp3) is 0.635. The van der Waals surface area contributed by atoms with Crippen LogP contribution in [0.2, 0.25) is 0 Å². The molecule has 2 aliphatic carbocycles. The number of aliphatic hydroxyl groups is 3. The lowest BCUT2D eigenvalue weighted by Crippen LogP contribution is -2.57. The summed E-state index contributed by atoms with van der Waals surface area (Å²) in [6.45, 7) is 12.5. The maximum Gasteiger partial charge on any atom is 0.407 e. The molecule has 1 amide bonds. The zero-order valence-corrected chi connectivity index (χ0v) is 47.8. The Labute approximate surface area is 457 Å². The van der Waals surface area contributed by atoms with Crippen molar-refractivity contribution < 1.29 is 87.0 Å². The van der Waals surface area contributed by atoms with Crippen LogP contribution in [0.25, 0.3) is 0 Å². The van der Waals surface area contributed by atoms with Crippen molar-refractivity contribution in [2.75, 3.05) is 34.2 Å². The number of ether oxygens (including phenoxy) is 9. The van der Waals surface area contributed by atoms with E-state index in [2.05, 4.69) is 34.5 Å². The number of ketones is 1. The van der Waals surface area contributed by atoms with Crippen molar-refractivity contribution >= 4 is 58.7 Å². The molecule has 1 aromatic carbocycles. The standard InChI is InChI=1S/C52H71N2O18PS3/c1-12-41(73(61)62)76-74-20-19-31-25(2)21-33(55)45(53-52(60)66-11)32-17-15-13-14-16-18-36(43(31)32)70-38-22-34(56)44(28(5)67-38)54-72-40-23-35(57)50(30(7)69-40)75-51(59)42-26(3)27(4)47(49(65-10)48(42)64-9)71-39-24-37(63-8)46(58)29(6)68-39/h13-14,19,25,28-30,34-41,44-46,50,54,56-58,61-62H,12,20-24H2,1-11H3,(H,53,60)/b14-13-,31-19-/t25?,28?,29-,30?,34?,35-,36-,37-,38?,39?,40?,41?,44+,45?,46?,50+/m0/s1. The number of hydrogen-bond acceptors (Lipinski definition) is 22. The molecule has 0 bridgehead atoms. The molecule has 5 aliphatic rings. The van der Waals surface area contributed by atoms with Crippen LogP contribution in [0.15, 0.2) is 34.9 Å². The van der Waals surface area contributed by atoms with Crippen molar-refractivity contribution in [1.82, 2.24) is 10.8 Å². The van der Waals surface area contributed by atoms with Gasteiger partial charge in [-0.15, -0.1) is 0 Å². The van der Waals surface area contributed by atoms with Gasteiger partial charge >= 0.3 is 6.09 Å². The zero-order chi connectivity index (χ0) is 55.5. The minimum Gasteiger partial charge on any atom is -0.492 e. The molecule has 7 N–H and O–H groups in total. The molecule has 6 rings (SSSR count). The smallest absolute Gasteiger partial charge is 0.407 e. The minimum atomic E-state index is -2.15. The van der Waals surface area contributed by atoms with Crippen molar-refractivity contribution in [1.29, 1.82) is 0 Å². The number of carbonyl (C=O) groups is 3. The van der Waals surface area contributed by atoms with Crippen LogP contribution in [0.5, 0.6) is 17.2 Å². The number of rotatable bonds is 19. The Balaban J connectivity index is 1.13. The number of amides is 1. The first-order valence-corrected chi connectivity index (χ1v) is 29.5. The first-order chi connectivity index (χ1) is 36.3. The molecule has 1 aromatic rings. The molecular formula is C52H71N2O18PS3. The Morgan fingerprint density at radius 3 is 2.21 bits per heavy atom. The van der Waals surface area contributed by atoms with E-state index in [4.69, 9.17) is 47.5 Å². The number of Topliss-reactive ketones (excluding diaryl/α,β-unsaturated/α-hetero) is 1. The summed E-state index contributed by atoms with van der Waals surface area (Å²) in [5.41, 5.74) is 5.69. The number of nitrogens with one attached hydrogen (secondary N) is 2. The number of hydroxylamine groups is 1. The van der Waals surface area contributed by atoms with E-state index in [0.717, 1.165) is 11.8 Å². The lowest BCUT2D eigenvalue weighted by Gasteiger charge is -2.41. The number of benzene rings is 1. The van der Waals surface area contributed by atoms with Crippen LogP contribution in [-0.4, -0.2) is 166 Å². The largest absolute Gasteiger partial charge is 0.492 e. The fourth-order valence-corrected chi connectivity index (χ4v) is 14.5. The number of hydrogen-bond donors (Lipinski definition) is 7. The second-order valence-electron chi connectivity index (χ2n) is 18.8. The summed E-state index contributed by atoms with van der Waals surface area (Å²) in [5, 5.41) is 35.2. The van der Waals surface area contributed by atoms with Crippen LogP contribution in [0, 0.1) is 43.4 Å². The van der Waals surface area contributed by atoms with E-state index >= 15 is 0 Å². The lowest BCUT2D eigenvalue weighted by atomic mass is 9.87. The Bertz CT molecular complexity index is 2430. The maximum absolute atomic E-state index is 14.3. The predicted molar refractivity (Wildman–Crippen MR) is 287 cm³/mol. The van der Waals surface area contributed by atoms with Gasteiger partial charge in [-0.3, -0.25) is 14.4 Å². The summed E-state index contributed by atoms with van der Waals surface area (Å²) in [6.07, 6.45) is -4.53. The molecule has 20 nitrogen and oxygen atoms in total. The first-order valence-electron chi connectivity index (χ1n) is 24.9. The second-order valence-corrected chi connectivity index (χ2v) is 24.2. The minimum absolute atomic E-state index is 0.0351. The van der Waals surface area contributed by atoms with Crippen LogP contribution in [0.1, 0.15) is 88.2 Å². The molecule has 24 heteroatoms.